The summed E-state index contributed by atoms with van der Waals surface area (Å²) in [5, 5.41) is 3.36. The maximum Gasteiger partial charge on any atom is 0.261 e. The molecule has 0 unspecified atom stereocenters. The zero-order valence-electron chi connectivity index (χ0n) is 14.2. The number of benzene rings is 3. The van der Waals surface area contributed by atoms with E-state index >= 15 is 0 Å². The summed E-state index contributed by atoms with van der Waals surface area (Å²) in [5.41, 5.74) is 4.12. The number of hydrogen-bond donors (Lipinski definition) is 1. The number of para-hydroxylation sites is 1. The van der Waals surface area contributed by atoms with Gasteiger partial charge in [-0.05, 0) is 35.4 Å². The molecule has 3 aromatic rings. The highest BCUT2D eigenvalue weighted by molar-refractivity contribution is 6.21. The molecule has 0 bridgehead atoms. The molecule has 128 valence electrons. The largest absolute Gasteiger partial charge is 0.381 e. The zero-order valence-corrected chi connectivity index (χ0v) is 14.2. The lowest BCUT2D eigenvalue weighted by molar-refractivity contribution is 0.0642. The third-order valence-corrected chi connectivity index (χ3v) is 4.51. The van der Waals surface area contributed by atoms with Crippen molar-refractivity contribution < 1.29 is 9.59 Å². The Balaban J connectivity index is 1.42. The first kappa shape index (κ1) is 16.1. The lowest BCUT2D eigenvalue weighted by Gasteiger charge is -2.14. The average molecular weight is 342 g/mol. The smallest absolute Gasteiger partial charge is 0.261 e. The van der Waals surface area contributed by atoms with Crippen LogP contribution in [-0.4, -0.2) is 16.7 Å². The van der Waals surface area contributed by atoms with Crippen LogP contribution in [0.3, 0.4) is 0 Å². The molecular weight excluding hydrogens is 324 g/mol. The van der Waals surface area contributed by atoms with Gasteiger partial charge in [-0.2, -0.15) is 0 Å². The highest BCUT2D eigenvalue weighted by Gasteiger charge is 2.34. The Morgan fingerprint density at radius 2 is 1.19 bits per heavy atom. The van der Waals surface area contributed by atoms with Gasteiger partial charge in [0, 0.05) is 12.2 Å². The summed E-state index contributed by atoms with van der Waals surface area (Å²) in [4.78, 5) is 26.2. The van der Waals surface area contributed by atoms with Gasteiger partial charge in [-0.3, -0.25) is 14.5 Å². The molecule has 4 rings (SSSR count). The monoisotopic (exact) mass is 342 g/mol. The molecule has 2 amide bonds. The predicted molar refractivity (Wildman–Crippen MR) is 101 cm³/mol. The normalized spacial score (nSPS) is 13.0. The van der Waals surface area contributed by atoms with Gasteiger partial charge in [0.1, 0.15) is 0 Å². The molecule has 0 aliphatic carbocycles. The van der Waals surface area contributed by atoms with E-state index in [0.29, 0.717) is 17.7 Å². The Morgan fingerprint density at radius 1 is 0.654 bits per heavy atom. The molecule has 0 saturated heterocycles. The van der Waals surface area contributed by atoms with Gasteiger partial charge < -0.3 is 5.32 Å². The van der Waals surface area contributed by atoms with Crippen LogP contribution in [0.25, 0.3) is 0 Å². The Kier molecular flexibility index (Phi) is 4.23. The number of anilines is 1. The number of carbonyl (C=O) groups excluding carboxylic acids is 2. The molecule has 4 nitrogen and oxygen atoms in total. The molecule has 26 heavy (non-hydrogen) atoms. The number of nitrogens with one attached hydrogen (secondary N) is 1. The van der Waals surface area contributed by atoms with Crippen LogP contribution in [0.5, 0.6) is 0 Å². The topological polar surface area (TPSA) is 49.4 Å². The van der Waals surface area contributed by atoms with E-state index in [1.165, 1.54) is 4.90 Å². The fraction of sp³-hybridized carbons (Fsp3) is 0.0909. The second-order valence-electron chi connectivity index (χ2n) is 6.28. The molecule has 1 heterocycles. The van der Waals surface area contributed by atoms with Gasteiger partial charge in [0.05, 0.1) is 17.7 Å². The van der Waals surface area contributed by atoms with Crippen molar-refractivity contribution >= 4 is 17.5 Å². The first-order valence-electron chi connectivity index (χ1n) is 8.54. The molecule has 0 atom stereocenters. The van der Waals surface area contributed by atoms with E-state index in [1.54, 1.807) is 24.3 Å². The van der Waals surface area contributed by atoms with Crippen molar-refractivity contribution in [3.05, 3.63) is 101 Å². The SMILES string of the molecule is O=C1c2ccccc2C(=O)N1Cc1ccc(CNc2ccccc2)cc1. The van der Waals surface area contributed by atoms with E-state index < -0.39 is 0 Å². The van der Waals surface area contributed by atoms with Crippen molar-refractivity contribution in [1.29, 1.82) is 0 Å². The van der Waals surface area contributed by atoms with Gasteiger partial charge >= 0.3 is 0 Å². The van der Waals surface area contributed by atoms with Crippen LogP contribution in [-0.2, 0) is 13.1 Å². The molecule has 0 radical (unpaired) electrons. The van der Waals surface area contributed by atoms with Crippen molar-refractivity contribution in [2.24, 2.45) is 0 Å². The van der Waals surface area contributed by atoms with Gasteiger partial charge in [0.2, 0.25) is 0 Å². The first-order valence-corrected chi connectivity index (χ1v) is 8.54. The third-order valence-electron chi connectivity index (χ3n) is 4.51. The van der Waals surface area contributed by atoms with E-state index in [1.807, 2.05) is 54.6 Å². The molecule has 1 N–H and O–H groups in total. The Hall–Kier alpha value is -3.40. The summed E-state index contributed by atoms with van der Waals surface area (Å²) in [6.07, 6.45) is 0. The van der Waals surface area contributed by atoms with Crippen molar-refractivity contribution in [3.63, 3.8) is 0 Å². The summed E-state index contributed by atoms with van der Waals surface area (Å²) < 4.78 is 0. The van der Waals surface area contributed by atoms with Crippen LogP contribution in [0.4, 0.5) is 5.69 Å². The molecule has 0 saturated carbocycles. The third kappa shape index (κ3) is 3.09. The lowest BCUT2D eigenvalue weighted by atomic mass is 10.1. The summed E-state index contributed by atoms with van der Waals surface area (Å²) in [7, 11) is 0. The molecule has 3 aromatic carbocycles. The van der Waals surface area contributed by atoms with Gasteiger partial charge in [0.15, 0.2) is 0 Å². The Labute approximate surface area is 152 Å². The standard InChI is InChI=1S/C22H18N2O2/c25-21-19-8-4-5-9-20(19)22(26)24(21)15-17-12-10-16(11-13-17)14-23-18-6-2-1-3-7-18/h1-13,23H,14-15H2. The predicted octanol–water partition coefficient (Wildman–Crippen LogP) is 4.09. The maximum absolute atomic E-state index is 12.4. The fourth-order valence-electron chi connectivity index (χ4n) is 3.09. The molecule has 0 spiro atoms. The Morgan fingerprint density at radius 3 is 1.81 bits per heavy atom. The van der Waals surface area contributed by atoms with E-state index in [0.717, 1.165) is 23.4 Å². The van der Waals surface area contributed by atoms with Crippen molar-refractivity contribution in [3.8, 4) is 0 Å². The number of imide groups is 1. The van der Waals surface area contributed by atoms with Crippen LogP contribution in [0, 0.1) is 0 Å². The highest BCUT2D eigenvalue weighted by Crippen LogP contribution is 2.24. The summed E-state index contributed by atoms with van der Waals surface area (Å²) in [5.74, 6) is -0.444. The van der Waals surface area contributed by atoms with Crippen LogP contribution in [0.15, 0.2) is 78.9 Å². The number of amides is 2. The number of fused-ring (bicyclic) bond motifs is 1. The molecule has 4 heteroatoms. The Bertz CT molecular complexity index is 914. The van der Waals surface area contributed by atoms with Gasteiger partial charge in [-0.1, -0.05) is 54.6 Å². The number of hydrogen-bond acceptors (Lipinski definition) is 3. The summed E-state index contributed by atoms with van der Waals surface area (Å²) in [6, 6.07) is 24.9. The average Bonchev–Trinajstić information content (AvgIpc) is 2.93. The van der Waals surface area contributed by atoms with Crippen molar-refractivity contribution in [2.45, 2.75) is 13.1 Å². The van der Waals surface area contributed by atoms with E-state index in [-0.39, 0.29) is 11.8 Å². The second kappa shape index (κ2) is 6.84. The minimum atomic E-state index is -0.222. The van der Waals surface area contributed by atoms with Crippen molar-refractivity contribution in [2.75, 3.05) is 5.32 Å². The minimum Gasteiger partial charge on any atom is -0.381 e. The van der Waals surface area contributed by atoms with Crippen LogP contribution < -0.4 is 5.32 Å². The van der Waals surface area contributed by atoms with Crippen LogP contribution >= 0.6 is 0 Å². The summed E-state index contributed by atoms with van der Waals surface area (Å²) in [6.45, 7) is 1.01. The summed E-state index contributed by atoms with van der Waals surface area (Å²) >= 11 is 0. The van der Waals surface area contributed by atoms with Crippen LogP contribution in [0.2, 0.25) is 0 Å². The maximum atomic E-state index is 12.4. The number of rotatable bonds is 5. The molecular formula is C22H18N2O2. The van der Waals surface area contributed by atoms with E-state index in [9.17, 15) is 9.59 Å². The fourth-order valence-corrected chi connectivity index (χ4v) is 3.09. The number of nitrogens with zero attached hydrogens (tertiary/aromatic N) is 1. The first-order chi connectivity index (χ1) is 12.7. The minimum absolute atomic E-state index is 0.222. The molecule has 0 fully saturated rings. The van der Waals surface area contributed by atoms with Gasteiger partial charge in [-0.15, -0.1) is 0 Å². The quantitative estimate of drug-likeness (QED) is 0.710. The molecule has 0 aromatic heterocycles. The second-order valence-corrected chi connectivity index (χ2v) is 6.28. The van der Waals surface area contributed by atoms with E-state index in [4.69, 9.17) is 0 Å². The molecule has 1 aliphatic heterocycles. The van der Waals surface area contributed by atoms with Gasteiger partial charge in [-0.25, -0.2) is 0 Å². The van der Waals surface area contributed by atoms with Crippen molar-refractivity contribution in [1.82, 2.24) is 4.90 Å². The zero-order chi connectivity index (χ0) is 17.9. The molecule has 1 aliphatic rings. The lowest BCUT2D eigenvalue weighted by Crippen LogP contribution is -2.29. The highest BCUT2D eigenvalue weighted by atomic mass is 16.2. The van der Waals surface area contributed by atoms with Gasteiger partial charge in [0.25, 0.3) is 11.8 Å². The van der Waals surface area contributed by atoms with E-state index in [2.05, 4.69) is 5.32 Å². The number of carbonyl (C=O) groups is 2. The van der Waals surface area contributed by atoms with Crippen LogP contribution in [0.1, 0.15) is 31.8 Å².